The van der Waals surface area contributed by atoms with Crippen LogP contribution in [-0.4, -0.2) is 57.2 Å². The third-order valence-corrected chi connectivity index (χ3v) is 7.28. The molecule has 7 nitrogen and oxygen atoms in total. The highest BCUT2D eigenvalue weighted by Crippen LogP contribution is 2.60. The molecule has 0 N–H and O–H groups in total. The van der Waals surface area contributed by atoms with Crippen LogP contribution in [0.2, 0.25) is 0 Å². The number of rotatable bonds is 2. The zero-order chi connectivity index (χ0) is 19.3. The SMILES string of the molecule is CN1CCN(c2nc(N3Cc4ccccc4S3([O-])[O-])c3ccccc3n2)CC1. The summed E-state index contributed by atoms with van der Waals surface area (Å²) in [7, 11) is -1.54. The Hall–Kier alpha value is -2.39. The second kappa shape index (κ2) is 6.59. The molecule has 0 atom stereocenters. The molecule has 0 unspecified atom stereocenters. The van der Waals surface area contributed by atoms with Crippen LogP contribution >= 0.6 is 10.8 Å². The normalized spacial score (nSPS) is 20.4. The molecular weight excluding hydrogens is 374 g/mol. The second-order valence-electron chi connectivity index (χ2n) is 7.27. The van der Waals surface area contributed by atoms with Gasteiger partial charge in [-0.25, -0.2) is 4.98 Å². The number of hydrogen-bond donors (Lipinski definition) is 0. The van der Waals surface area contributed by atoms with Gasteiger partial charge in [0, 0.05) is 36.5 Å². The lowest BCUT2D eigenvalue weighted by Gasteiger charge is -2.62. The molecule has 0 amide bonds. The van der Waals surface area contributed by atoms with E-state index in [2.05, 4.69) is 16.8 Å². The third kappa shape index (κ3) is 2.80. The van der Waals surface area contributed by atoms with Crippen molar-refractivity contribution in [3.05, 3.63) is 54.1 Å². The first-order valence-electron chi connectivity index (χ1n) is 9.35. The Bertz CT molecular complexity index is 1040. The molecule has 0 bridgehead atoms. The smallest absolute Gasteiger partial charge is 0.228 e. The molecule has 0 saturated carbocycles. The predicted molar refractivity (Wildman–Crippen MR) is 109 cm³/mol. The van der Waals surface area contributed by atoms with Crippen LogP contribution in [0.15, 0.2) is 53.4 Å². The first kappa shape index (κ1) is 17.7. The minimum atomic E-state index is -3.63. The highest BCUT2D eigenvalue weighted by Gasteiger charge is 2.27. The molecule has 2 aliphatic rings. The number of hydrogen-bond acceptors (Lipinski definition) is 7. The summed E-state index contributed by atoms with van der Waals surface area (Å²) in [6.07, 6.45) is 0. The quantitative estimate of drug-likeness (QED) is 0.660. The highest BCUT2D eigenvalue weighted by molar-refractivity contribution is 8.25. The van der Waals surface area contributed by atoms with Crippen molar-refractivity contribution in [1.82, 2.24) is 14.9 Å². The van der Waals surface area contributed by atoms with E-state index in [1.54, 1.807) is 12.1 Å². The van der Waals surface area contributed by atoms with Crippen LogP contribution in [0.1, 0.15) is 5.56 Å². The van der Waals surface area contributed by atoms with Crippen LogP contribution in [0.25, 0.3) is 10.9 Å². The molecule has 1 aromatic heterocycles. The second-order valence-corrected chi connectivity index (χ2v) is 9.10. The highest BCUT2D eigenvalue weighted by atomic mass is 32.3. The molecule has 1 saturated heterocycles. The van der Waals surface area contributed by atoms with Gasteiger partial charge in [0.05, 0.1) is 12.1 Å². The molecule has 28 heavy (non-hydrogen) atoms. The summed E-state index contributed by atoms with van der Waals surface area (Å²) >= 11 is 0. The molecule has 2 aromatic carbocycles. The average Bonchev–Trinajstić information content (AvgIpc) is 2.98. The molecule has 1 fully saturated rings. The van der Waals surface area contributed by atoms with E-state index in [1.807, 2.05) is 36.4 Å². The van der Waals surface area contributed by atoms with E-state index >= 15 is 0 Å². The van der Waals surface area contributed by atoms with E-state index in [4.69, 9.17) is 9.97 Å². The van der Waals surface area contributed by atoms with E-state index in [-0.39, 0.29) is 0 Å². The van der Waals surface area contributed by atoms with E-state index in [0.717, 1.165) is 42.6 Å². The standard InChI is InChI=1S/C20H23N5O2S/c1-23-10-12-24(13-11-23)20-21-17-8-4-3-7-16(17)19(22-20)25-14-15-6-2-5-9-18(15)28(25,26)27/h2-9,26-27H,10-14H2,1H3/p-2. The molecule has 3 heterocycles. The van der Waals surface area contributed by atoms with Crippen molar-refractivity contribution in [3.63, 3.8) is 0 Å². The predicted octanol–water partition coefficient (Wildman–Crippen LogP) is 2.74. The van der Waals surface area contributed by atoms with Crippen molar-refractivity contribution in [2.24, 2.45) is 0 Å². The van der Waals surface area contributed by atoms with Gasteiger partial charge in [0.1, 0.15) is 0 Å². The molecule has 0 radical (unpaired) electrons. The average molecular weight is 395 g/mol. The van der Waals surface area contributed by atoms with Crippen molar-refractivity contribution in [1.29, 1.82) is 0 Å². The van der Waals surface area contributed by atoms with E-state index < -0.39 is 10.8 Å². The molecule has 5 rings (SSSR count). The van der Waals surface area contributed by atoms with Crippen LogP contribution in [-0.2, 0) is 6.54 Å². The number of aromatic nitrogens is 2. The summed E-state index contributed by atoms with van der Waals surface area (Å²) in [5.74, 6) is 1.05. The van der Waals surface area contributed by atoms with Crippen LogP contribution in [0.4, 0.5) is 11.8 Å². The Morgan fingerprint density at radius 3 is 2.39 bits per heavy atom. The van der Waals surface area contributed by atoms with Gasteiger partial charge in [-0.1, -0.05) is 30.3 Å². The Labute approximate surface area is 165 Å². The van der Waals surface area contributed by atoms with Gasteiger partial charge in [0.25, 0.3) is 0 Å². The lowest BCUT2D eigenvalue weighted by atomic mass is 10.2. The van der Waals surface area contributed by atoms with E-state index in [0.29, 0.717) is 23.2 Å². The van der Waals surface area contributed by atoms with Gasteiger partial charge in [-0.15, -0.1) is 0 Å². The summed E-state index contributed by atoms with van der Waals surface area (Å²) in [6, 6.07) is 14.7. The van der Waals surface area contributed by atoms with Crippen molar-refractivity contribution in [2.45, 2.75) is 11.4 Å². The number of nitrogens with zero attached hydrogens (tertiary/aromatic N) is 5. The Morgan fingerprint density at radius 2 is 1.61 bits per heavy atom. The number of para-hydroxylation sites is 1. The molecule has 2 aliphatic heterocycles. The van der Waals surface area contributed by atoms with Gasteiger partial charge in [-0.05, 0) is 30.8 Å². The summed E-state index contributed by atoms with van der Waals surface area (Å²) < 4.78 is 27.8. The lowest BCUT2D eigenvalue weighted by Crippen LogP contribution is -2.45. The number of benzene rings is 2. The summed E-state index contributed by atoms with van der Waals surface area (Å²) in [5, 5.41) is 0.747. The van der Waals surface area contributed by atoms with Gasteiger partial charge < -0.3 is 34.0 Å². The first-order valence-corrected chi connectivity index (χ1v) is 10.8. The molecule has 3 aromatic rings. The number of likely N-dealkylation sites (N-methyl/N-ethyl adjacent to an activating group) is 1. The maximum atomic E-state index is 13.2. The minimum absolute atomic E-state index is 0.293. The van der Waals surface area contributed by atoms with Gasteiger partial charge in [0.15, 0.2) is 5.82 Å². The molecular formula is C20H21N5O2S-2. The molecule has 0 spiro atoms. The third-order valence-electron chi connectivity index (χ3n) is 5.45. The Morgan fingerprint density at radius 1 is 0.893 bits per heavy atom. The molecule has 146 valence electrons. The zero-order valence-electron chi connectivity index (χ0n) is 15.6. The number of fused-ring (bicyclic) bond motifs is 2. The van der Waals surface area contributed by atoms with Crippen molar-refractivity contribution >= 4 is 33.4 Å². The van der Waals surface area contributed by atoms with Crippen LogP contribution in [0.5, 0.6) is 0 Å². The fraction of sp³-hybridized carbons (Fsp3) is 0.300. The van der Waals surface area contributed by atoms with Gasteiger partial charge >= 0.3 is 0 Å². The molecule has 0 aliphatic carbocycles. The lowest BCUT2D eigenvalue weighted by molar-refractivity contribution is 0.311. The Balaban J connectivity index is 1.63. The largest absolute Gasteiger partial charge is 0.779 e. The van der Waals surface area contributed by atoms with Gasteiger partial charge in [-0.3, -0.25) is 0 Å². The summed E-state index contributed by atoms with van der Waals surface area (Å²) in [4.78, 5) is 14.2. The van der Waals surface area contributed by atoms with E-state index in [9.17, 15) is 9.11 Å². The first-order chi connectivity index (χ1) is 13.5. The number of anilines is 2. The van der Waals surface area contributed by atoms with Crippen molar-refractivity contribution in [2.75, 3.05) is 42.4 Å². The van der Waals surface area contributed by atoms with Crippen LogP contribution in [0.3, 0.4) is 0 Å². The fourth-order valence-electron chi connectivity index (χ4n) is 3.82. The van der Waals surface area contributed by atoms with Gasteiger partial charge in [-0.2, -0.15) is 4.98 Å². The maximum absolute atomic E-state index is 13.2. The topological polar surface area (TPSA) is 81.6 Å². The van der Waals surface area contributed by atoms with Crippen molar-refractivity contribution < 1.29 is 9.11 Å². The van der Waals surface area contributed by atoms with Crippen molar-refractivity contribution in [3.8, 4) is 0 Å². The number of piperazine rings is 1. The summed E-state index contributed by atoms with van der Waals surface area (Å²) in [6.45, 7) is 3.79. The van der Waals surface area contributed by atoms with Crippen LogP contribution in [0, 0.1) is 0 Å². The molecule has 8 heteroatoms. The number of sulfonamides is 1. The monoisotopic (exact) mass is 395 g/mol. The maximum Gasteiger partial charge on any atom is 0.228 e. The minimum Gasteiger partial charge on any atom is -0.779 e. The van der Waals surface area contributed by atoms with E-state index in [1.165, 1.54) is 4.31 Å². The summed E-state index contributed by atoms with van der Waals surface area (Å²) in [5.41, 5.74) is 1.55. The zero-order valence-corrected chi connectivity index (χ0v) is 16.4. The fourth-order valence-corrected chi connectivity index (χ4v) is 5.45. The van der Waals surface area contributed by atoms with Crippen LogP contribution < -0.4 is 9.21 Å². The van der Waals surface area contributed by atoms with Gasteiger partial charge in [0.2, 0.25) is 5.95 Å². The Kier molecular flexibility index (Phi) is 4.17.